The number of hydrogen-bond donors (Lipinski definition) is 0. The summed E-state index contributed by atoms with van der Waals surface area (Å²) in [4.78, 5) is 26.1. The molecule has 0 unspecified atom stereocenters. The molecule has 2 saturated carbocycles. The molecule has 4 rings (SSSR count). The van der Waals surface area contributed by atoms with Crippen molar-refractivity contribution in [1.29, 1.82) is 0 Å². The van der Waals surface area contributed by atoms with Gasteiger partial charge in [0.2, 0.25) is 5.91 Å². The maximum absolute atomic E-state index is 12.9. The predicted molar refractivity (Wildman–Crippen MR) is 91.9 cm³/mol. The molecule has 1 amide bonds. The smallest absolute Gasteiger partial charge is 0.312 e. The molecule has 0 bridgehead atoms. The van der Waals surface area contributed by atoms with E-state index < -0.39 is 15.5 Å². The first-order valence-corrected chi connectivity index (χ1v) is 10.2. The molecule has 25 heavy (non-hydrogen) atoms. The van der Waals surface area contributed by atoms with E-state index in [2.05, 4.69) is 0 Å². The van der Waals surface area contributed by atoms with Gasteiger partial charge in [0.1, 0.15) is 11.5 Å². The van der Waals surface area contributed by atoms with Crippen LogP contribution in [-0.4, -0.2) is 31.9 Å². The van der Waals surface area contributed by atoms with E-state index in [9.17, 15) is 18.0 Å². The number of Topliss-reactive ketones (excluding diaryl/α,β-unsaturated/α-hetero) is 1. The average molecular weight is 363 g/mol. The molecule has 1 heterocycles. The van der Waals surface area contributed by atoms with Gasteiger partial charge in [-0.05, 0) is 56.4 Å². The van der Waals surface area contributed by atoms with Gasteiger partial charge in [-0.25, -0.2) is 0 Å². The minimum Gasteiger partial charge on any atom is -0.382 e. The Morgan fingerprint density at radius 2 is 1.64 bits per heavy atom. The lowest BCUT2D eigenvalue weighted by molar-refractivity contribution is -0.130. The van der Waals surface area contributed by atoms with E-state index in [1.165, 1.54) is 0 Å². The van der Waals surface area contributed by atoms with Gasteiger partial charge in [-0.15, -0.1) is 0 Å². The SMILES string of the molecule is O=C1CCC2(CC1)CCN(c1ccc(OS(=O)(=O)C3CC3)cc1)C2=O. The summed E-state index contributed by atoms with van der Waals surface area (Å²) in [6.07, 6.45) is 4.36. The Balaban J connectivity index is 1.47. The topological polar surface area (TPSA) is 80.8 Å². The molecule has 2 aliphatic carbocycles. The molecule has 0 N–H and O–H groups in total. The van der Waals surface area contributed by atoms with E-state index in [0.717, 1.165) is 12.1 Å². The minimum atomic E-state index is -3.52. The van der Waals surface area contributed by atoms with Crippen LogP contribution in [0.25, 0.3) is 0 Å². The summed E-state index contributed by atoms with van der Waals surface area (Å²) in [5.74, 6) is 0.606. The van der Waals surface area contributed by atoms with E-state index in [1.807, 2.05) is 0 Å². The molecule has 7 heteroatoms. The fraction of sp³-hybridized carbons (Fsp3) is 0.556. The number of benzene rings is 1. The third-order valence-electron chi connectivity index (χ3n) is 5.57. The summed E-state index contributed by atoms with van der Waals surface area (Å²) < 4.78 is 28.9. The Morgan fingerprint density at radius 1 is 1.00 bits per heavy atom. The van der Waals surface area contributed by atoms with Gasteiger partial charge in [0.25, 0.3) is 0 Å². The molecule has 0 aromatic heterocycles. The molecule has 1 aromatic carbocycles. The second kappa shape index (κ2) is 5.83. The van der Waals surface area contributed by atoms with Crippen LogP contribution in [0.4, 0.5) is 5.69 Å². The third-order valence-corrected chi connectivity index (χ3v) is 7.28. The molecule has 0 radical (unpaired) electrons. The van der Waals surface area contributed by atoms with Crippen molar-refractivity contribution in [3.05, 3.63) is 24.3 Å². The Hall–Kier alpha value is -1.89. The average Bonchev–Trinajstić information content (AvgIpc) is 3.40. The van der Waals surface area contributed by atoms with Crippen molar-refractivity contribution in [2.45, 2.75) is 50.2 Å². The molecular weight excluding hydrogens is 342 g/mol. The molecule has 0 atom stereocenters. The molecular formula is C18H21NO5S. The van der Waals surface area contributed by atoms with Crippen LogP contribution in [0.15, 0.2) is 24.3 Å². The van der Waals surface area contributed by atoms with Gasteiger partial charge in [0, 0.05) is 25.1 Å². The van der Waals surface area contributed by atoms with Gasteiger partial charge < -0.3 is 9.08 Å². The first-order chi connectivity index (χ1) is 11.9. The number of ketones is 1. The van der Waals surface area contributed by atoms with Gasteiger partial charge in [-0.2, -0.15) is 8.42 Å². The summed E-state index contributed by atoms with van der Waals surface area (Å²) in [7, 11) is -3.52. The molecule has 3 fully saturated rings. The highest BCUT2D eigenvalue weighted by Gasteiger charge is 2.48. The highest BCUT2D eigenvalue weighted by atomic mass is 32.2. The summed E-state index contributed by atoms with van der Waals surface area (Å²) >= 11 is 0. The second-order valence-corrected chi connectivity index (χ2v) is 9.11. The van der Waals surface area contributed by atoms with E-state index in [4.69, 9.17) is 4.18 Å². The predicted octanol–water partition coefficient (Wildman–Crippen LogP) is 2.42. The standard InChI is InChI=1S/C18H21NO5S/c20-14-7-9-18(10-8-14)11-12-19(17(18)21)13-1-3-15(4-2-13)24-25(22,23)16-5-6-16/h1-4,16H,5-12H2. The van der Waals surface area contributed by atoms with Crippen molar-refractivity contribution in [2.24, 2.45) is 5.41 Å². The van der Waals surface area contributed by atoms with E-state index >= 15 is 0 Å². The number of carbonyl (C=O) groups is 2. The van der Waals surface area contributed by atoms with E-state index in [1.54, 1.807) is 29.2 Å². The number of hydrogen-bond acceptors (Lipinski definition) is 5. The number of carbonyl (C=O) groups excluding carboxylic acids is 2. The van der Waals surface area contributed by atoms with E-state index in [0.29, 0.717) is 45.1 Å². The van der Waals surface area contributed by atoms with Gasteiger partial charge >= 0.3 is 10.1 Å². The van der Waals surface area contributed by atoms with Gasteiger partial charge in [0.05, 0.1) is 10.7 Å². The molecule has 134 valence electrons. The van der Waals surface area contributed by atoms with Crippen LogP contribution in [0.5, 0.6) is 5.75 Å². The highest BCUT2D eigenvalue weighted by molar-refractivity contribution is 7.88. The maximum Gasteiger partial charge on any atom is 0.312 e. The monoisotopic (exact) mass is 363 g/mol. The quantitative estimate of drug-likeness (QED) is 0.768. The van der Waals surface area contributed by atoms with Crippen molar-refractivity contribution >= 4 is 27.5 Å². The van der Waals surface area contributed by atoms with Crippen LogP contribution in [0.1, 0.15) is 44.9 Å². The first-order valence-electron chi connectivity index (χ1n) is 8.77. The maximum atomic E-state index is 12.9. The fourth-order valence-electron chi connectivity index (χ4n) is 3.78. The lowest BCUT2D eigenvalue weighted by atomic mass is 9.72. The molecule has 3 aliphatic rings. The zero-order chi connectivity index (χ0) is 17.7. The minimum absolute atomic E-state index is 0.0827. The van der Waals surface area contributed by atoms with Gasteiger partial charge in [-0.3, -0.25) is 9.59 Å². The van der Waals surface area contributed by atoms with Crippen molar-refractivity contribution in [3.63, 3.8) is 0 Å². The number of rotatable bonds is 4. The van der Waals surface area contributed by atoms with Crippen molar-refractivity contribution < 1.29 is 22.2 Å². The van der Waals surface area contributed by atoms with Gasteiger partial charge in [0.15, 0.2) is 0 Å². The van der Waals surface area contributed by atoms with Crippen LogP contribution >= 0.6 is 0 Å². The molecule has 1 aromatic rings. The van der Waals surface area contributed by atoms with E-state index in [-0.39, 0.29) is 22.7 Å². The van der Waals surface area contributed by atoms with Crippen LogP contribution in [-0.2, 0) is 19.7 Å². The highest BCUT2D eigenvalue weighted by Crippen LogP contribution is 2.45. The van der Waals surface area contributed by atoms with Crippen molar-refractivity contribution in [2.75, 3.05) is 11.4 Å². The molecule has 1 saturated heterocycles. The lowest BCUT2D eigenvalue weighted by Crippen LogP contribution is -2.37. The fourth-order valence-corrected chi connectivity index (χ4v) is 5.01. The Kier molecular flexibility index (Phi) is 3.86. The van der Waals surface area contributed by atoms with Gasteiger partial charge in [-0.1, -0.05) is 0 Å². The zero-order valence-corrected chi connectivity index (χ0v) is 14.8. The number of amides is 1. The van der Waals surface area contributed by atoms with Crippen LogP contribution in [0, 0.1) is 5.41 Å². The molecule has 1 aliphatic heterocycles. The van der Waals surface area contributed by atoms with Crippen LogP contribution < -0.4 is 9.08 Å². The lowest BCUT2D eigenvalue weighted by Gasteiger charge is -2.30. The molecule has 6 nitrogen and oxygen atoms in total. The van der Waals surface area contributed by atoms with Crippen LogP contribution in [0.3, 0.4) is 0 Å². The zero-order valence-electron chi connectivity index (χ0n) is 13.9. The van der Waals surface area contributed by atoms with Crippen LogP contribution in [0.2, 0.25) is 0 Å². The summed E-state index contributed by atoms with van der Waals surface area (Å²) in [6, 6.07) is 6.64. The summed E-state index contributed by atoms with van der Waals surface area (Å²) in [6.45, 7) is 0.633. The largest absolute Gasteiger partial charge is 0.382 e. The number of nitrogens with zero attached hydrogens (tertiary/aromatic N) is 1. The normalized spacial score (nSPS) is 23.3. The Bertz CT molecular complexity index is 800. The Labute approximate surface area is 147 Å². The third kappa shape index (κ3) is 3.05. The summed E-state index contributed by atoms with van der Waals surface area (Å²) in [5, 5.41) is -0.374. The Morgan fingerprint density at radius 3 is 2.24 bits per heavy atom. The second-order valence-electron chi connectivity index (χ2n) is 7.30. The van der Waals surface area contributed by atoms with Crippen molar-refractivity contribution in [1.82, 2.24) is 0 Å². The first kappa shape index (κ1) is 16.6. The van der Waals surface area contributed by atoms with Crippen molar-refractivity contribution in [3.8, 4) is 5.75 Å². The summed E-state index contributed by atoms with van der Waals surface area (Å²) in [5.41, 5.74) is 0.355. The molecule has 1 spiro atoms. The number of anilines is 1.